The highest BCUT2D eigenvalue weighted by atomic mass is 16.4. The quantitative estimate of drug-likeness (QED) is 0.182. The fourth-order valence-corrected chi connectivity index (χ4v) is 3.72. The van der Waals surface area contributed by atoms with Crippen LogP contribution >= 0.6 is 0 Å². The van der Waals surface area contributed by atoms with E-state index >= 15 is 0 Å². The van der Waals surface area contributed by atoms with Gasteiger partial charge in [-0.05, 0) is 47.4 Å². The van der Waals surface area contributed by atoms with Gasteiger partial charge in [-0.15, -0.1) is 0 Å². The van der Waals surface area contributed by atoms with E-state index < -0.39 is 0 Å². The van der Waals surface area contributed by atoms with Gasteiger partial charge in [-0.25, -0.2) is 0 Å². The number of nitrogens with two attached hydrogens (primary N) is 1. The number of rotatable bonds is 5. The first kappa shape index (κ1) is 18.6. The molecular weight excluding hydrogens is 364 g/mol. The number of phenols is 1. The van der Waals surface area contributed by atoms with Crippen molar-refractivity contribution >= 4 is 16.8 Å². The summed E-state index contributed by atoms with van der Waals surface area (Å²) in [6.07, 6.45) is 3.54. The van der Waals surface area contributed by atoms with Gasteiger partial charge in [0.15, 0.2) is 5.84 Å². The van der Waals surface area contributed by atoms with Crippen molar-refractivity contribution < 1.29 is 14.7 Å². The van der Waals surface area contributed by atoms with Gasteiger partial charge in [-0.2, -0.15) is 0 Å². The van der Waals surface area contributed by atoms with Crippen molar-refractivity contribution in [3.05, 3.63) is 78.1 Å². The van der Waals surface area contributed by atoms with Crippen molar-refractivity contribution in [2.45, 2.75) is 19.8 Å². The lowest BCUT2D eigenvalue weighted by Gasteiger charge is -2.17. The third kappa shape index (κ3) is 3.43. The fraction of sp³-hybridized carbons (Fsp3) is 0.125. The van der Waals surface area contributed by atoms with Crippen LogP contribution in [0.5, 0.6) is 5.75 Å². The van der Waals surface area contributed by atoms with Gasteiger partial charge in [0.25, 0.3) is 0 Å². The largest absolute Gasteiger partial charge is 0.508 e. The molecule has 0 saturated carbocycles. The highest BCUT2D eigenvalue weighted by molar-refractivity contribution is 6.10. The summed E-state index contributed by atoms with van der Waals surface area (Å²) in [5.41, 5.74) is 12.2. The third-order valence-corrected chi connectivity index (χ3v) is 5.05. The van der Waals surface area contributed by atoms with Crippen molar-refractivity contribution in [1.82, 2.24) is 0 Å². The van der Waals surface area contributed by atoms with Gasteiger partial charge in [0.2, 0.25) is 0 Å². The summed E-state index contributed by atoms with van der Waals surface area (Å²) in [4.78, 5) is 0. The van der Waals surface area contributed by atoms with Gasteiger partial charge >= 0.3 is 0 Å². The molecule has 0 unspecified atom stereocenters. The maximum absolute atomic E-state index is 9.73. The first-order chi connectivity index (χ1) is 14.1. The lowest BCUT2D eigenvalue weighted by Crippen LogP contribution is -2.15. The van der Waals surface area contributed by atoms with Crippen LogP contribution in [0.3, 0.4) is 0 Å². The smallest absolute Gasteiger partial charge is 0.170 e. The zero-order valence-corrected chi connectivity index (χ0v) is 16.1. The van der Waals surface area contributed by atoms with E-state index in [1.54, 1.807) is 18.4 Å². The van der Waals surface area contributed by atoms with E-state index in [0.29, 0.717) is 5.56 Å². The standard InChI is InChI=1S/C24H22N2O3/c1-2-5-15-12-19(16-8-10-17(27)11-9-16)23(20(13-15)24(25)26-28)21-14-29-22-7-4-3-6-18(21)22/h3-4,6-14,27-28H,2,5H2,1H3,(H2,25,26). The number of hydrogen-bond donors (Lipinski definition) is 3. The van der Waals surface area contributed by atoms with Gasteiger partial charge in [-0.1, -0.05) is 54.9 Å². The number of furan rings is 1. The molecular formula is C24H22N2O3. The van der Waals surface area contributed by atoms with E-state index in [1.165, 1.54) is 0 Å². The Hall–Kier alpha value is -3.73. The predicted molar refractivity (Wildman–Crippen MR) is 115 cm³/mol. The molecule has 146 valence electrons. The second kappa shape index (κ2) is 7.72. The lowest BCUT2D eigenvalue weighted by molar-refractivity contribution is 0.318. The van der Waals surface area contributed by atoms with Crippen molar-refractivity contribution in [2.75, 3.05) is 0 Å². The second-order valence-corrected chi connectivity index (χ2v) is 6.99. The van der Waals surface area contributed by atoms with Crippen molar-refractivity contribution in [2.24, 2.45) is 10.9 Å². The van der Waals surface area contributed by atoms with Crippen LogP contribution in [0.2, 0.25) is 0 Å². The Morgan fingerprint density at radius 2 is 1.79 bits per heavy atom. The molecule has 0 aliphatic heterocycles. The Morgan fingerprint density at radius 1 is 1.03 bits per heavy atom. The van der Waals surface area contributed by atoms with Gasteiger partial charge in [0.05, 0.1) is 6.26 Å². The Kier molecular flexibility index (Phi) is 4.96. The molecule has 0 fully saturated rings. The molecule has 0 amide bonds. The summed E-state index contributed by atoms with van der Waals surface area (Å²) >= 11 is 0. The first-order valence-electron chi connectivity index (χ1n) is 9.53. The highest BCUT2D eigenvalue weighted by Gasteiger charge is 2.20. The SMILES string of the molecule is CCCc1cc(/C(N)=N/O)c(-c2coc3ccccc23)c(-c2ccc(O)cc2)c1. The number of aromatic hydroxyl groups is 1. The molecule has 0 spiro atoms. The fourth-order valence-electron chi connectivity index (χ4n) is 3.72. The van der Waals surface area contributed by atoms with Gasteiger partial charge in [-0.3, -0.25) is 0 Å². The summed E-state index contributed by atoms with van der Waals surface area (Å²) in [7, 11) is 0. The number of benzene rings is 3. The first-order valence-corrected chi connectivity index (χ1v) is 9.53. The van der Waals surface area contributed by atoms with Crippen LogP contribution in [-0.4, -0.2) is 16.1 Å². The highest BCUT2D eigenvalue weighted by Crippen LogP contribution is 2.41. The molecule has 0 atom stereocenters. The van der Waals surface area contributed by atoms with Crippen LogP contribution in [0.1, 0.15) is 24.5 Å². The van der Waals surface area contributed by atoms with Gasteiger partial charge in [0, 0.05) is 22.1 Å². The number of fused-ring (bicyclic) bond motifs is 1. The molecule has 29 heavy (non-hydrogen) atoms. The van der Waals surface area contributed by atoms with Gasteiger partial charge < -0.3 is 20.5 Å². The molecule has 0 aliphatic rings. The zero-order chi connectivity index (χ0) is 20.4. The molecule has 1 aromatic heterocycles. The summed E-state index contributed by atoms with van der Waals surface area (Å²) in [5.74, 6) is 0.244. The minimum absolute atomic E-state index is 0.0447. The Balaban J connectivity index is 2.09. The van der Waals surface area contributed by atoms with Crippen LogP contribution in [0, 0.1) is 0 Å². The molecule has 0 radical (unpaired) electrons. The molecule has 4 aromatic rings. The van der Waals surface area contributed by atoms with E-state index in [1.807, 2.05) is 42.5 Å². The monoisotopic (exact) mass is 386 g/mol. The third-order valence-electron chi connectivity index (χ3n) is 5.05. The van der Waals surface area contributed by atoms with Crippen LogP contribution < -0.4 is 5.73 Å². The number of aryl methyl sites for hydroxylation is 1. The van der Waals surface area contributed by atoms with Crippen molar-refractivity contribution in [1.29, 1.82) is 0 Å². The molecule has 3 aromatic carbocycles. The molecule has 5 heteroatoms. The van der Waals surface area contributed by atoms with Gasteiger partial charge in [0.1, 0.15) is 11.3 Å². The summed E-state index contributed by atoms with van der Waals surface area (Å²) < 4.78 is 5.78. The van der Waals surface area contributed by atoms with E-state index in [9.17, 15) is 10.3 Å². The average Bonchev–Trinajstić information content (AvgIpc) is 3.17. The Labute approximate surface area is 168 Å². The molecule has 0 aliphatic carbocycles. The number of para-hydroxylation sites is 1. The van der Waals surface area contributed by atoms with Crippen LogP contribution in [0.25, 0.3) is 33.2 Å². The summed E-state index contributed by atoms with van der Waals surface area (Å²) in [6.45, 7) is 2.11. The molecule has 0 saturated heterocycles. The topological polar surface area (TPSA) is 92.0 Å². The van der Waals surface area contributed by atoms with Crippen LogP contribution in [-0.2, 0) is 6.42 Å². The van der Waals surface area contributed by atoms with E-state index in [-0.39, 0.29) is 11.6 Å². The number of amidine groups is 1. The molecule has 5 nitrogen and oxygen atoms in total. The number of phenolic OH excluding ortho intramolecular Hbond substituents is 1. The minimum Gasteiger partial charge on any atom is -0.508 e. The Morgan fingerprint density at radius 3 is 2.52 bits per heavy atom. The molecule has 1 heterocycles. The molecule has 4 N–H and O–H groups in total. The van der Waals surface area contributed by atoms with E-state index in [0.717, 1.165) is 51.6 Å². The van der Waals surface area contributed by atoms with Crippen LogP contribution in [0.15, 0.2) is 76.5 Å². The molecule has 0 bridgehead atoms. The summed E-state index contributed by atoms with van der Waals surface area (Å²) in [6, 6.07) is 18.9. The van der Waals surface area contributed by atoms with E-state index in [4.69, 9.17) is 10.2 Å². The van der Waals surface area contributed by atoms with Crippen LogP contribution in [0.4, 0.5) is 0 Å². The minimum atomic E-state index is 0.0447. The Bertz CT molecular complexity index is 1190. The number of hydrogen-bond acceptors (Lipinski definition) is 4. The normalized spacial score (nSPS) is 11.8. The number of oxime groups is 1. The molecule has 4 rings (SSSR count). The maximum atomic E-state index is 9.73. The summed E-state index contributed by atoms with van der Waals surface area (Å²) in [5, 5.41) is 23.4. The lowest BCUT2D eigenvalue weighted by atomic mass is 9.87. The van der Waals surface area contributed by atoms with E-state index in [2.05, 4.69) is 18.1 Å². The van der Waals surface area contributed by atoms with Crippen molar-refractivity contribution in [3.8, 4) is 28.0 Å². The second-order valence-electron chi connectivity index (χ2n) is 6.99. The number of nitrogens with zero attached hydrogens (tertiary/aromatic N) is 1. The predicted octanol–water partition coefficient (Wildman–Crippen LogP) is 5.52. The maximum Gasteiger partial charge on any atom is 0.170 e. The average molecular weight is 386 g/mol. The van der Waals surface area contributed by atoms with Crippen molar-refractivity contribution in [3.63, 3.8) is 0 Å². The zero-order valence-electron chi connectivity index (χ0n) is 16.1.